The van der Waals surface area contributed by atoms with Crippen LogP contribution in [-0.2, 0) is 0 Å². The van der Waals surface area contributed by atoms with Crippen LogP contribution in [0, 0.1) is 0 Å². The number of nitrogens with one attached hydrogen (secondary N) is 2. The average Bonchev–Trinajstić information content (AvgIpc) is 2.53. The van der Waals surface area contributed by atoms with E-state index < -0.39 is 0 Å². The van der Waals surface area contributed by atoms with Crippen LogP contribution in [0.2, 0.25) is 0 Å². The number of carbonyl (C=O) groups is 1. The third-order valence-corrected chi connectivity index (χ3v) is 4.16. The van der Waals surface area contributed by atoms with Gasteiger partial charge >= 0.3 is 6.03 Å². The first kappa shape index (κ1) is 15.8. The number of hydrogen-bond acceptors (Lipinski definition) is 2. The lowest BCUT2D eigenvalue weighted by Gasteiger charge is -2.35. The lowest BCUT2D eigenvalue weighted by Crippen LogP contribution is -2.41. The van der Waals surface area contributed by atoms with E-state index >= 15 is 0 Å². The molecule has 0 radical (unpaired) electrons. The van der Waals surface area contributed by atoms with Crippen molar-refractivity contribution in [3.63, 3.8) is 0 Å². The van der Waals surface area contributed by atoms with E-state index in [4.69, 9.17) is 0 Å². The third-order valence-electron chi connectivity index (χ3n) is 4.16. The fourth-order valence-electron chi connectivity index (χ4n) is 3.00. The predicted molar refractivity (Wildman–Crippen MR) is 87.6 cm³/mol. The second kappa shape index (κ2) is 8.67. The van der Waals surface area contributed by atoms with E-state index in [-0.39, 0.29) is 6.03 Å². The van der Waals surface area contributed by atoms with Gasteiger partial charge in [-0.15, -0.1) is 0 Å². The van der Waals surface area contributed by atoms with E-state index in [1.54, 1.807) is 0 Å². The molecular weight excluding hydrogens is 262 g/mol. The van der Waals surface area contributed by atoms with E-state index in [1.165, 1.54) is 32.2 Å². The number of para-hydroxylation sites is 1. The Morgan fingerprint density at radius 2 is 2.10 bits per heavy atom. The molecule has 1 fully saturated rings. The monoisotopic (exact) mass is 289 g/mol. The lowest BCUT2D eigenvalue weighted by molar-refractivity contribution is 0.142. The van der Waals surface area contributed by atoms with Crippen molar-refractivity contribution in [1.82, 2.24) is 10.2 Å². The molecule has 2 amide bonds. The Morgan fingerprint density at radius 3 is 2.86 bits per heavy atom. The van der Waals surface area contributed by atoms with Gasteiger partial charge in [0.05, 0.1) is 0 Å². The van der Waals surface area contributed by atoms with Gasteiger partial charge in [-0.05, 0) is 44.4 Å². The number of piperidine rings is 1. The summed E-state index contributed by atoms with van der Waals surface area (Å²) < 4.78 is 0. The normalized spacial score (nSPS) is 19.2. The maximum absolute atomic E-state index is 11.7. The molecule has 0 bridgehead atoms. The van der Waals surface area contributed by atoms with Gasteiger partial charge in [0.2, 0.25) is 0 Å². The minimum absolute atomic E-state index is 0.119. The molecule has 4 nitrogen and oxygen atoms in total. The van der Waals surface area contributed by atoms with Gasteiger partial charge in [0.15, 0.2) is 0 Å². The summed E-state index contributed by atoms with van der Waals surface area (Å²) in [6.45, 7) is 5.30. The van der Waals surface area contributed by atoms with Crippen LogP contribution in [0.25, 0.3) is 0 Å². The Hall–Kier alpha value is -1.55. The van der Waals surface area contributed by atoms with Crippen molar-refractivity contribution in [2.45, 2.75) is 45.1 Å². The maximum Gasteiger partial charge on any atom is 0.319 e. The number of benzene rings is 1. The molecule has 4 heteroatoms. The summed E-state index contributed by atoms with van der Waals surface area (Å²) in [7, 11) is 0. The number of hydrogen-bond donors (Lipinski definition) is 2. The molecule has 1 heterocycles. The van der Waals surface area contributed by atoms with Crippen LogP contribution in [0.3, 0.4) is 0 Å². The van der Waals surface area contributed by atoms with Gasteiger partial charge in [-0.3, -0.25) is 0 Å². The van der Waals surface area contributed by atoms with Crippen molar-refractivity contribution in [2.75, 3.05) is 25.0 Å². The molecule has 0 aromatic heterocycles. The molecule has 0 unspecified atom stereocenters. The summed E-state index contributed by atoms with van der Waals surface area (Å²) in [6.07, 6.45) is 6.27. The summed E-state index contributed by atoms with van der Waals surface area (Å²) >= 11 is 0. The first-order valence-electron chi connectivity index (χ1n) is 8.13. The minimum atomic E-state index is -0.119. The van der Waals surface area contributed by atoms with E-state index in [1.807, 2.05) is 30.3 Å². The summed E-state index contributed by atoms with van der Waals surface area (Å²) in [6, 6.07) is 10.2. The molecule has 0 aliphatic carbocycles. The molecule has 0 spiro atoms. The van der Waals surface area contributed by atoms with E-state index in [0.717, 1.165) is 31.2 Å². The van der Waals surface area contributed by atoms with Crippen LogP contribution in [0.1, 0.15) is 39.0 Å². The quantitative estimate of drug-likeness (QED) is 0.788. The van der Waals surface area contributed by atoms with Crippen molar-refractivity contribution >= 4 is 11.7 Å². The SMILES string of the molecule is CC[C@H]1CCCCN1CCCNC(=O)Nc1ccccc1. The Kier molecular flexibility index (Phi) is 6.54. The van der Waals surface area contributed by atoms with Crippen LogP contribution in [0.4, 0.5) is 10.5 Å². The molecule has 1 aliphatic rings. The highest BCUT2D eigenvalue weighted by molar-refractivity contribution is 5.89. The predicted octanol–water partition coefficient (Wildman–Crippen LogP) is 3.46. The number of urea groups is 1. The number of anilines is 1. The lowest BCUT2D eigenvalue weighted by atomic mass is 10.00. The molecule has 0 saturated carbocycles. The van der Waals surface area contributed by atoms with Crippen LogP contribution < -0.4 is 10.6 Å². The van der Waals surface area contributed by atoms with Crippen molar-refractivity contribution in [1.29, 1.82) is 0 Å². The van der Waals surface area contributed by atoms with Gasteiger partial charge in [-0.2, -0.15) is 0 Å². The van der Waals surface area contributed by atoms with Crippen LogP contribution >= 0.6 is 0 Å². The average molecular weight is 289 g/mol. The van der Waals surface area contributed by atoms with Gasteiger partial charge in [-0.25, -0.2) is 4.79 Å². The molecule has 1 aromatic carbocycles. The first-order chi connectivity index (χ1) is 10.3. The van der Waals surface area contributed by atoms with Gasteiger partial charge in [-0.1, -0.05) is 31.5 Å². The minimum Gasteiger partial charge on any atom is -0.338 e. The first-order valence-corrected chi connectivity index (χ1v) is 8.13. The number of nitrogens with zero attached hydrogens (tertiary/aromatic N) is 1. The number of carbonyl (C=O) groups excluding carboxylic acids is 1. The van der Waals surface area contributed by atoms with Crippen LogP contribution in [0.15, 0.2) is 30.3 Å². The van der Waals surface area contributed by atoms with Crippen molar-refractivity contribution in [2.24, 2.45) is 0 Å². The highest BCUT2D eigenvalue weighted by Crippen LogP contribution is 2.19. The topological polar surface area (TPSA) is 44.4 Å². The third kappa shape index (κ3) is 5.38. The summed E-state index contributed by atoms with van der Waals surface area (Å²) in [5.74, 6) is 0. The number of amides is 2. The Bertz CT molecular complexity index is 421. The molecule has 1 aliphatic heterocycles. The number of rotatable bonds is 6. The smallest absolute Gasteiger partial charge is 0.319 e. The molecule has 1 saturated heterocycles. The molecule has 1 atom stereocenters. The molecule has 116 valence electrons. The fourth-order valence-corrected chi connectivity index (χ4v) is 3.00. The second-order valence-corrected chi connectivity index (χ2v) is 5.69. The highest BCUT2D eigenvalue weighted by atomic mass is 16.2. The standard InChI is InChI=1S/C17H27N3O/c1-2-16-11-6-7-13-20(16)14-8-12-18-17(21)19-15-9-4-3-5-10-15/h3-5,9-10,16H,2,6-8,11-14H2,1H3,(H2,18,19,21)/t16-/m0/s1. The Balaban J connectivity index is 1.61. The van der Waals surface area contributed by atoms with Crippen molar-refractivity contribution in [3.05, 3.63) is 30.3 Å². The second-order valence-electron chi connectivity index (χ2n) is 5.69. The summed E-state index contributed by atoms with van der Waals surface area (Å²) in [4.78, 5) is 14.3. The summed E-state index contributed by atoms with van der Waals surface area (Å²) in [5.41, 5.74) is 0.831. The zero-order valence-corrected chi connectivity index (χ0v) is 13.0. The van der Waals surface area contributed by atoms with Gasteiger partial charge < -0.3 is 15.5 Å². The highest BCUT2D eigenvalue weighted by Gasteiger charge is 2.19. The van der Waals surface area contributed by atoms with Crippen molar-refractivity contribution < 1.29 is 4.79 Å². The molecule has 21 heavy (non-hydrogen) atoms. The van der Waals surface area contributed by atoms with Gasteiger partial charge in [0, 0.05) is 24.8 Å². The van der Waals surface area contributed by atoms with E-state index in [2.05, 4.69) is 22.5 Å². The Labute approximate surface area is 127 Å². The molecule has 2 rings (SSSR count). The summed E-state index contributed by atoms with van der Waals surface area (Å²) in [5, 5.41) is 5.76. The van der Waals surface area contributed by atoms with Crippen LogP contribution in [0.5, 0.6) is 0 Å². The molecule has 2 N–H and O–H groups in total. The molecule has 1 aromatic rings. The van der Waals surface area contributed by atoms with Crippen LogP contribution in [-0.4, -0.2) is 36.6 Å². The zero-order chi connectivity index (χ0) is 14.9. The fraction of sp³-hybridized carbons (Fsp3) is 0.588. The van der Waals surface area contributed by atoms with E-state index in [9.17, 15) is 4.79 Å². The largest absolute Gasteiger partial charge is 0.338 e. The number of likely N-dealkylation sites (tertiary alicyclic amines) is 1. The van der Waals surface area contributed by atoms with Gasteiger partial charge in [0.25, 0.3) is 0 Å². The Morgan fingerprint density at radius 1 is 1.29 bits per heavy atom. The van der Waals surface area contributed by atoms with E-state index in [0.29, 0.717) is 0 Å². The molecular formula is C17H27N3O. The maximum atomic E-state index is 11.7. The van der Waals surface area contributed by atoms with Crippen molar-refractivity contribution in [3.8, 4) is 0 Å². The van der Waals surface area contributed by atoms with Gasteiger partial charge in [0.1, 0.15) is 0 Å². The zero-order valence-electron chi connectivity index (χ0n) is 13.0.